The summed E-state index contributed by atoms with van der Waals surface area (Å²) in [5, 5.41) is 3.53. The monoisotopic (exact) mass is 356 g/mol. The molecule has 1 fully saturated rings. The van der Waals surface area contributed by atoms with Gasteiger partial charge in [-0.05, 0) is 40.5 Å². The maximum absolute atomic E-state index is 5.67. The smallest absolute Gasteiger partial charge is 0.193 e. The van der Waals surface area contributed by atoms with Crippen molar-refractivity contribution in [3.8, 4) is 0 Å². The van der Waals surface area contributed by atoms with Crippen LogP contribution in [0, 0.1) is 5.92 Å². The number of nitrogens with zero attached hydrogens (tertiary/aromatic N) is 3. The molecule has 1 aliphatic heterocycles. The minimum Gasteiger partial charge on any atom is -0.382 e. The highest BCUT2D eigenvalue weighted by molar-refractivity contribution is 5.80. The number of ether oxygens (including phenoxy) is 2. The van der Waals surface area contributed by atoms with E-state index in [-0.39, 0.29) is 0 Å². The largest absolute Gasteiger partial charge is 0.382 e. The fourth-order valence-electron chi connectivity index (χ4n) is 3.46. The first-order valence-electron chi connectivity index (χ1n) is 9.77. The van der Waals surface area contributed by atoms with E-state index in [0.29, 0.717) is 31.2 Å². The van der Waals surface area contributed by atoms with E-state index in [9.17, 15) is 0 Å². The summed E-state index contributed by atoms with van der Waals surface area (Å²) in [5.41, 5.74) is 0. The number of guanidine groups is 1. The SMILES string of the molecule is CN=C(NCCCN(C(C)C)C(C)C)N1CCC(COCCOC)C1. The summed E-state index contributed by atoms with van der Waals surface area (Å²) in [6, 6.07) is 1.19. The van der Waals surface area contributed by atoms with Crippen LogP contribution in [0.3, 0.4) is 0 Å². The lowest BCUT2D eigenvalue weighted by Gasteiger charge is -2.30. The molecule has 1 aliphatic rings. The molecule has 0 aliphatic carbocycles. The Bertz CT molecular complexity index is 366. The molecular weight excluding hydrogens is 316 g/mol. The molecule has 0 aromatic heterocycles. The fourth-order valence-corrected chi connectivity index (χ4v) is 3.46. The minimum atomic E-state index is 0.591. The standard InChI is InChI=1S/C19H40N4O2/c1-16(2)23(17(3)4)10-7-9-21-19(20-5)22-11-8-18(14-22)15-25-13-12-24-6/h16-18H,7-15H2,1-6H3,(H,20,21). The second-order valence-electron chi connectivity index (χ2n) is 7.42. The second kappa shape index (κ2) is 12.5. The molecule has 1 unspecified atom stereocenters. The summed E-state index contributed by atoms with van der Waals surface area (Å²) >= 11 is 0. The zero-order chi connectivity index (χ0) is 18.7. The molecule has 0 radical (unpaired) electrons. The summed E-state index contributed by atoms with van der Waals surface area (Å²) in [5.74, 6) is 1.62. The summed E-state index contributed by atoms with van der Waals surface area (Å²) < 4.78 is 10.7. The molecule has 0 bridgehead atoms. The number of hydrogen-bond donors (Lipinski definition) is 1. The molecule has 6 nitrogen and oxygen atoms in total. The van der Waals surface area contributed by atoms with Gasteiger partial charge >= 0.3 is 0 Å². The van der Waals surface area contributed by atoms with Crippen LogP contribution in [0.5, 0.6) is 0 Å². The zero-order valence-corrected chi connectivity index (χ0v) is 17.3. The maximum Gasteiger partial charge on any atom is 0.193 e. The van der Waals surface area contributed by atoms with Crippen LogP contribution in [-0.4, -0.2) is 88.0 Å². The van der Waals surface area contributed by atoms with Gasteiger partial charge in [0, 0.05) is 58.3 Å². The van der Waals surface area contributed by atoms with Crippen LogP contribution in [0.4, 0.5) is 0 Å². The molecule has 1 rings (SSSR count). The average molecular weight is 357 g/mol. The van der Waals surface area contributed by atoms with E-state index in [1.165, 1.54) is 6.42 Å². The molecule has 6 heteroatoms. The van der Waals surface area contributed by atoms with Crippen LogP contribution in [0.2, 0.25) is 0 Å². The molecule has 0 aromatic carbocycles. The summed E-state index contributed by atoms with van der Waals surface area (Å²) in [6.07, 6.45) is 2.30. The Balaban J connectivity index is 2.26. The van der Waals surface area contributed by atoms with E-state index in [1.54, 1.807) is 7.11 Å². The Morgan fingerprint density at radius 2 is 1.96 bits per heavy atom. The van der Waals surface area contributed by atoms with Crippen molar-refractivity contribution in [1.29, 1.82) is 0 Å². The number of nitrogens with one attached hydrogen (secondary N) is 1. The number of aliphatic imine (C=N–C) groups is 1. The topological polar surface area (TPSA) is 49.3 Å². The van der Waals surface area contributed by atoms with Gasteiger partial charge < -0.3 is 19.7 Å². The number of rotatable bonds is 11. The molecule has 148 valence electrons. The molecule has 0 saturated carbocycles. The van der Waals surface area contributed by atoms with Crippen molar-refractivity contribution in [2.45, 2.75) is 52.6 Å². The normalized spacial score (nSPS) is 18.8. The van der Waals surface area contributed by atoms with Crippen LogP contribution < -0.4 is 5.32 Å². The van der Waals surface area contributed by atoms with E-state index in [4.69, 9.17) is 9.47 Å². The first-order chi connectivity index (χ1) is 12.0. The second-order valence-corrected chi connectivity index (χ2v) is 7.42. The van der Waals surface area contributed by atoms with Crippen molar-refractivity contribution in [1.82, 2.24) is 15.1 Å². The lowest BCUT2D eigenvalue weighted by Crippen LogP contribution is -2.42. The number of methoxy groups -OCH3 is 1. The lowest BCUT2D eigenvalue weighted by molar-refractivity contribution is 0.0536. The Kier molecular flexibility index (Phi) is 11.1. The van der Waals surface area contributed by atoms with E-state index in [1.807, 2.05) is 7.05 Å². The Hall–Kier alpha value is -0.850. The van der Waals surface area contributed by atoms with Crippen LogP contribution in [0.15, 0.2) is 4.99 Å². The van der Waals surface area contributed by atoms with Crippen LogP contribution >= 0.6 is 0 Å². The first-order valence-corrected chi connectivity index (χ1v) is 9.77. The molecule has 0 spiro atoms. The van der Waals surface area contributed by atoms with E-state index in [2.05, 4.69) is 47.8 Å². The van der Waals surface area contributed by atoms with Gasteiger partial charge in [0.25, 0.3) is 0 Å². The van der Waals surface area contributed by atoms with Gasteiger partial charge in [0.1, 0.15) is 0 Å². The highest BCUT2D eigenvalue weighted by Crippen LogP contribution is 2.16. The highest BCUT2D eigenvalue weighted by atomic mass is 16.5. The predicted molar refractivity (Wildman–Crippen MR) is 105 cm³/mol. The molecule has 0 amide bonds. The third kappa shape index (κ3) is 8.38. The molecule has 1 atom stereocenters. The zero-order valence-electron chi connectivity index (χ0n) is 17.3. The predicted octanol–water partition coefficient (Wildman–Crippen LogP) is 2.06. The van der Waals surface area contributed by atoms with Gasteiger partial charge in [0.15, 0.2) is 5.96 Å². The number of hydrogen-bond acceptors (Lipinski definition) is 4. The summed E-state index contributed by atoms with van der Waals surface area (Å²) in [6.45, 7) is 15.4. The van der Waals surface area contributed by atoms with E-state index < -0.39 is 0 Å². The van der Waals surface area contributed by atoms with Gasteiger partial charge in [0.2, 0.25) is 0 Å². The molecule has 0 aromatic rings. The van der Waals surface area contributed by atoms with Crippen molar-refractivity contribution in [3.63, 3.8) is 0 Å². The van der Waals surface area contributed by atoms with Gasteiger partial charge in [0.05, 0.1) is 19.8 Å². The van der Waals surface area contributed by atoms with Crippen LogP contribution in [-0.2, 0) is 9.47 Å². The maximum atomic E-state index is 5.67. The first kappa shape index (κ1) is 22.2. The number of likely N-dealkylation sites (tertiary alicyclic amines) is 1. The Morgan fingerprint density at radius 1 is 1.24 bits per heavy atom. The summed E-state index contributed by atoms with van der Waals surface area (Å²) in [7, 11) is 3.58. The Morgan fingerprint density at radius 3 is 2.56 bits per heavy atom. The van der Waals surface area contributed by atoms with Crippen molar-refractivity contribution in [3.05, 3.63) is 0 Å². The third-order valence-electron chi connectivity index (χ3n) is 4.79. The van der Waals surface area contributed by atoms with Crippen molar-refractivity contribution in [2.75, 3.05) is 60.2 Å². The average Bonchev–Trinajstić information content (AvgIpc) is 3.03. The summed E-state index contributed by atoms with van der Waals surface area (Å²) in [4.78, 5) is 9.35. The molecule has 25 heavy (non-hydrogen) atoms. The highest BCUT2D eigenvalue weighted by Gasteiger charge is 2.24. The van der Waals surface area contributed by atoms with Gasteiger partial charge in [-0.3, -0.25) is 9.89 Å². The van der Waals surface area contributed by atoms with E-state index in [0.717, 1.165) is 45.2 Å². The van der Waals surface area contributed by atoms with Gasteiger partial charge in [-0.1, -0.05) is 0 Å². The molecule has 1 saturated heterocycles. The van der Waals surface area contributed by atoms with Crippen LogP contribution in [0.1, 0.15) is 40.5 Å². The van der Waals surface area contributed by atoms with Gasteiger partial charge in [-0.2, -0.15) is 0 Å². The van der Waals surface area contributed by atoms with Crippen LogP contribution in [0.25, 0.3) is 0 Å². The van der Waals surface area contributed by atoms with Crippen molar-refractivity contribution in [2.24, 2.45) is 10.9 Å². The van der Waals surface area contributed by atoms with Gasteiger partial charge in [-0.15, -0.1) is 0 Å². The third-order valence-corrected chi connectivity index (χ3v) is 4.79. The fraction of sp³-hybridized carbons (Fsp3) is 0.947. The minimum absolute atomic E-state index is 0.591. The molecule has 1 N–H and O–H groups in total. The van der Waals surface area contributed by atoms with Crippen molar-refractivity contribution < 1.29 is 9.47 Å². The Labute approximate surface area is 154 Å². The van der Waals surface area contributed by atoms with E-state index >= 15 is 0 Å². The lowest BCUT2D eigenvalue weighted by atomic mass is 10.1. The van der Waals surface area contributed by atoms with Gasteiger partial charge in [-0.25, -0.2) is 0 Å². The quantitative estimate of drug-likeness (QED) is 0.349. The molecular formula is C19H40N4O2. The van der Waals surface area contributed by atoms with Crippen molar-refractivity contribution >= 4 is 5.96 Å². The molecule has 1 heterocycles.